The Morgan fingerprint density at radius 1 is 1.19 bits per heavy atom. The summed E-state index contributed by atoms with van der Waals surface area (Å²) in [5, 5.41) is 4.42. The fourth-order valence-electron chi connectivity index (χ4n) is 2.10. The number of anilines is 1. The molecule has 1 amide bonds. The second kappa shape index (κ2) is 9.12. The summed E-state index contributed by atoms with van der Waals surface area (Å²) in [4.78, 5) is 24.6. The average molecular weight is 411 g/mol. The number of amides is 1. The SMILES string of the molecule is CC(C)N(C)S(=O)(=O)c1ccc(NC(=O)COC(=O)Cc2cccs2)cc1. The quantitative estimate of drug-likeness (QED) is 0.675. The van der Waals surface area contributed by atoms with Gasteiger partial charge in [0.1, 0.15) is 0 Å². The first-order chi connectivity index (χ1) is 12.7. The third kappa shape index (κ3) is 5.88. The number of benzene rings is 1. The topological polar surface area (TPSA) is 92.8 Å². The van der Waals surface area contributed by atoms with Crippen molar-refractivity contribution in [1.29, 1.82) is 0 Å². The Balaban J connectivity index is 1.88. The maximum atomic E-state index is 12.4. The molecule has 1 aromatic carbocycles. The molecular formula is C18H22N2O5S2. The number of esters is 1. The van der Waals surface area contributed by atoms with Crippen molar-refractivity contribution in [3.8, 4) is 0 Å². The molecule has 1 N–H and O–H groups in total. The number of hydrogen-bond donors (Lipinski definition) is 1. The first kappa shape index (κ1) is 21.1. The summed E-state index contributed by atoms with van der Waals surface area (Å²) in [5.74, 6) is -0.977. The van der Waals surface area contributed by atoms with Gasteiger partial charge in [-0.25, -0.2) is 8.42 Å². The lowest BCUT2D eigenvalue weighted by atomic mass is 10.3. The van der Waals surface area contributed by atoms with Crippen LogP contribution >= 0.6 is 11.3 Å². The van der Waals surface area contributed by atoms with Crippen LogP contribution in [-0.2, 0) is 30.8 Å². The molecule has 2 aromatic rings. The highest BCUT2D eigenvalue weighted by Gasteiger charge is 2.22. The molecule has 0 aliphatic carbocycles. The molecule has 0 atom stereocenters. The molecule has 2 rings (SSSR count). The van der Waals surface area contributed by atoms with Crippen LogP contribution in [0.1, 0.15) is 18.7 Å². The molecule has 0 saturated carbocycles. The summed E-state index contributed by atoms with van der Waals surface area (Å²) in [7, 11) is -2.06. The first-order valence-electron chi connectivity index (χ1n) is 8.26. The summed E-state index contributed by atoms with van der Waals surface area (Å²) in [6.07, 6.45) is 0.126. The van der Waals surface area contributed by atoms with Crippen LogP contribution in [-0.4, -0.2) is 44.3 Å². The van der Waals surface area contributed by atoms with Gasteiger partial charge in [0, 0.05) is 23.7 Å². The number of carbonyl (C=O) groups is 2. The molecule has 0 radical (unpaired) electrons. The van der Waals surface area contributed by atoms with E-state index in [1.807, 2.05) is 17.5 Å². The Labute approximate surface area is 163 Å². The van der Waals surface area contributed by atoms with E-state index in [0.717, 1.165) is 4.88 Å². The summed E-state index contributed by atoms with van der Waals surface area (Å²) in [6, 6.07) is 9.32. The van der Waals surface area contributed by atoms with Gasteiger partial charge in [0.15, 0.2) is 6.61 Å². The standard InChI is InChI=1S/C18H22N2O5S2/c1-13(2)20(3)27(23,24)16-8-6-14(7-9-16)19-17(21)12-25-18(22)11-15-5-4-10-26-15/h4-10,13H,11-12H2,1-3H3,(H,19,21). The fourth-order valence-corrected chi connectivity index (χ4v) is 4.16. The zero-order valence-corrected chi connectivity index (χ0v) is 17.0. The van der Waals surface area contributed by atoms with E-state index in [-0.39, 0.29) is 17.4 Å². The van der Waals surface area contributed by atoms with E-state index in [2.05, 4.69) is 5.32 Å². The number of nitrogens with one attached hydrogen (secondary N) is 1. The van der Waals surface area contributed by atoms with Crippen LogP contribution in [0.25, 0.3) is 0 Å². The number of nitrogens with zero attached hydrogens (tertiary/aromatic N) is 1. The number of carbonyl (C=O) groups excluding carboxylic acids is 2. The van der Waals surface area contributed by atoms with Crippen LogP contribution in [0, 0.1) is 0 Å². The van der Waals surface area contributed by atoms with Gasteiger partial charge in [0.25, 0.3) is 5.91 Å². The minimum atomic E-state index is -3.58. The fraction of sp³-hybridized carbons (Fsp3) is 0.333. The van der Waals surface area contributed by atoms with Crippen molar-refractivity contribution in [3.05, 3.63) is 46.7 Å². The maximum absolute atomic E-state index is 12.4. The van der Waals surface area contributed by atoms with Crippen molar-refractivity contribution >= 4 is 38.9 Å². The number of rotatable bonds is 8. The van der Waals surface area contributed by atoms with E-state index in [4.69, 9.17) is 4.74 Å². The van der Waals surface area contributed by atoms with Crippen LogP contribution < -0.4 is 5.32 Å². The summed E-state index contributed by atoms with van der Waals surface area (Å²) in [6.45, 7) is 3.16. The van der Waals surface area contributed by atoms with Crippen LogP contribution in [0.4, 0.5) is 5.69 Å². The summed E-state index contributed by atoms with van der Waals surface area (Å²) in [5.41, 5.74) is 0.417. The highest BCUT2D eigenvalue weighted by atomic mass is 32.2. The molecule has 0 bridgehead atoms. The van der Waals surface area contributed by atoms with Crippen LogP contribution in [0.2, 0.25) is 0 Å². The molecule has 0 unspecified atom stereocenters. The van der Waals surface area contributed by atoms with Crippen LogP contribution in [0.15, 0.2) is 46.7 Å². The van der Waals surface area contributed by atoms with Crippen molar-refractivity contribution in [1.82, 2.24) is 4.31 Å². The largest absolute Gasteiger partial charge is 0.455 e. The Hall–Kier alpha value is -2.23. The zero-order valence-electron chi connectivity index (χ0n) is 15.3. The Morgan fingerprint density at radius 3 is 2.41 bits per heavy atom. The monoisotopic (exact) mass is 410 g/mol. The van der Waals surface area contributed by atoms with Crippen molar-refractivity contribution < 1.29 is 22.7 Å². The van der Waals surface area contributed by atoms with Crippen molar-refractivity contribution in [3.63, 3.8) is 0 Å². The molecule has 27 heavy (non-hydrogen) atoms. The molecule has 7 nitrogen and oxygen atoms in total. The highest BCUT2D eigenvalue weighted by Crippen LogP contribution is 2.19. The van der Waals surface area contributed by atoms with E-state index in [9.17, 15) is 18.0 Å². The molecular weight excluding hydrogens is 388 g/mol. The minimum Gasteiger partial charge on any atom is -0.455 e. The molecule has 0 fully saturated rings. The molecule has 0 aliphatic rings. The van der Waals surface area contributed by atoms with E-state index in [1.165, 1.54) is 47.0 Å². The third-order valence-electron chi connectivity index (χ3n) is 3.81. The summed E-state index contributed by atoms with van der Waals surface area (Å²) >= 11 is 1.44. The van der Waals surface area contributed by atoms with Crippen molar-refractivity contribution in [2.75, 3.05) is 19.0 Å². The van der Waals surface area contributed by atoms with Gasteiger partial charge in [-0.3, -0.25) is 9.59 Å². The smallest absolute Gasteiger partial charge is 0.311 e. The molecule has 0 spiro atoms. The minimum absolute atomic E-state index is 0.126. The summed E-state index contributed by atoms with van der Waals surface area (Å²) < 4.78 is 31.0. The lowest BCUT2D eigenvalue weighted by molar-refractivity contribution is -0.146. The molecule has 0 aliphatic heterocycles. The molecule has 146 valence electrons. The van der Waals surface area contributed by atoms with Crippen molar-refractivity contribution in [2.24, 2.45) is 0 Å². The Kier molecular flexibility index (Phi) is 7.11. The molecule has 9 heteroatoms. The normalized spacial score (nSPS) is 11.6. The lowest BCUT2D eigenvalue weighted by Crippen LogP contribution is -2.33. The third-order valence-corrected chi connectivity index (χ3v) is 6.73. The van der Waals surface area contributed by atoms with E-state index < -0.39 is 28.5 Å². The number of ether oxygens (including phenoxy) is 1. The van der Waals surface area contributed by atoms with Crippen LogP contribution in [0.3, 0.4) is 0 Å². The molecule has 1 aromatic heterocycles. The highest BCUT2D eigenvalue weighted by molar-refractivity contribution is 7.89. The maximum Gasteiger partial charge on any atom is 0.311 e. The van der Waals surface area contributed by atoms with Crippen LogP contribution in [0.5, 0.6) is 0 Å². The predicted octanol–water partition coefficient (Wildman–Crippen LogP) is 2.50. The van der Waals surface area contributed by atoms with Gasteiger partial charge in [0.05, 0.1) is 11.3 Å². The van der Waals surface area contributed by atoms with Gasteiger partial charge < -0.3 is 10.1 Å². The van der Waals surface area contributed by atoms with Gasteiger partial charge >= 0.3 is 5.97 Å². The van der Waals surface area contributed by atoms with Gasteiger partial charge in [0.2, 0.25) is 10.0 Å². The Morgan fingerprint density at radius 2 is 1.85 bits per heavy atom. The van der Waals surface area contributed by atoms with Crippen molar-refractivity contribution in [2.45, 2.75) is 31.2 Å². The number of sulfonamides is 1. The first-order valence-corrected chi connectivity index (χ1v) is 10.6. The number of thiophene rings is 1. The zero-order chi connectivity index (χ0) is 20.0. The predicted molar refractivity (Wildman–Crippen MR) is 104 cm³/mol. The number of hydrogen-bond acceptors (Lipinski definition) is 6. The van der Waals surface area contributed by atoms with Gasteiger partial charge in [-0.2, -0.15) is 4.31 Å². The van der Waals surface area contributed by atoms with Gasteiger partial charge in [-0.15, -0.1) is 11.3 Å². The molecule has 0 saturated heterocycles. The van der Waals surface area contributed by atoms with Gasteiger partial charge in [-0.1, -0.05) is 6.07 Å². The van der Waals surface area contributed by atoms with E-state index in [1.54, 1.807) is 13.8 Å². The second-order valence-electron chi connectivity index (χ2n) is 6.10. The van der Waals surface area contributed by atoms with E-state index in [0.29, 0.717) is 5.69 Å². The lowest BCUT2D eigenvalue weighted by Gasteiger charge is -2.21. The average Bonchev–Trinajstić information content (AvgIpc) is 3.12. The van der Waals surface area contributed by atoms with E-state index >= 15 is 0 Å². The molecule has 1 heterocycles. The Bertz CT molecular complexity index is 875. The second-order valence-corrected chi connectivity index (χ2v) is 9.13. The van der Waals surface area contributed by atoms with Gasteiger partial charge in [-0.05, 0) is 49.6 Å².